The van der Waals surface area contributed by atoms with Crippen molar-refractivity contribution >= 4 is 11.9 Å². The minimum Gasteiger partial charge on any atom is -0.380 e. The number of nitrogens with zero attached hydrogens (tertiary/aromatic N) is 1. The zero-order valence-corrected chi connectivity index (χ0v) is 10.5. The number of carbonyl (C=O) groups is 2. The van der Waals surface area contributed by atoms with Gasteiger partial charge in [0.1, 0.15) is 0 Å². The van der Waals surface area contributed by atoms with Crippen LogP contribution in [0.5, 0.6) is 0 Å². The van der Waals surface area contributed by atoms with Crippen LogP contribution in [0.4, 0.5) is 4.79 Å². The van der Waals surface area contributed by atoms with Gasteiger partial charge in [0.05, 0.1) is 13.2 Å². The number of rotatable bonds is 8. The van der Waals surface area contributed by atoms with Crippen LogP contribution in [0.2, 0.25) is 0 Å². The van der Waals surface area contributed by atoms with Gasteiger partial charge in [0.2, 0.25) is 5.91 Å². The summed E-state index contributed by atoms with van der Waals surface area (Å²) in [6.45, 7) is 2.11. The fourth-order valence-corrected chi connectivity index (χ4v) is 0.968. The minimum atomic E-state index is -0.175. The van der Waals surface area contributed by atoms with E-state index in [1.807, 2.05) is 0 Å². The number of hydrogen-bond acceptors (Lipinski definition) is 4. The second kappa shape index (κ2) is 9.86. The highest BCUT2D eigenvalue weighted by Gasteiger charge is 2.03. The first-order valence-corrected chi connectivity index (χ1v) is 5.57. The Bertz CT molecular complexity index is 234. The summed E-state index contributed by atoms with van der Waals surface area (Å²) in [5, 5.41) is 5.31. The van der Waals surface area contributed by atoms with Crippen LogP contribution in [0.1, 0.15) is 6.42 Å². The molecular formula is C10H22N4O3. The topological polar surface area (TPSA) is 96.7 Å². The lowest BCUT2D eigenvalue weighted by molar-refractivity contribution is -0.122. The van der Waals surface area contributed by atoms with E-state index in [0.29, 0.717) is 39.3 Å². The number of carbonyl (C=O) groups excluding carboxylic acids is 2. The predicted molar refractivity (Wildman–Crippen MR) is 64.6 cm³/mol. The molecule has 0 unspecified atom stereocenters. The third kappa shape index (κ3) is 9.58. The number of hydrogen-bond donors (Lipinski definition) is 3. The maximum atomic E-state index is 11.2. The summed E-state index contributed by atoms with van der Waals surface area (Å²) in [5.74, 6) is -0.0962. The molecule has 0 bridgehead atoms. The van der Waals surface area contributed by atoms with Crippen molar-refractivity contribution in [3.63, 3.8) is 0 Å². The van der Waals surface area contributed by atoms with Gasteiger partial charge in [0.25, 0.3) is 0 Å². The quantitative estimate of drug-likeness (QED) is 0.466. The van der Waals surface area contributed by atoms with E-state index in [9.17, 15) is 9.59 Å². The lowest BCUT2D eigenvalue weighted by Crippen LogP contribution is -2.39. The summed E-state index contributed by atoms with van der Waals surface area (Å²) in [5.41, 5.74) is 5.23. The van der Waals surface area contributed by atoms with E-state index in [2.05, 4.69) is 10.6 Å². The molecule has 7 heteroatoms. The summed E-state index contributed by atoms with van der Waals surface area (Å²) in [6, 6.07) is -0.175. The summed E-state index contributed by atoms with van der Waals surface area (Å²) in [7, 11) is 3.31. The van der Waals surface area contributed by atoms with Gasteiger partial charge in [0, 0.05) is 40.2 Å². The summed E-state index contributed by atoms with van der Waals surface area (Å²) in [6.07, 6.45) is 0.307. The van der Waals surface area contributed by atoms with Crippen LogP contribution in [-0.2, 0) is 9.53 Å². The van der Waals surface area contributed by atoms with Crippen molar-refractivity contribution in [2.75, 3.05) is 46.9 Å². The number of amides is 3. The third-order valence-corrected chi connectivity index (χ3v) is 1.87. The smallest absolute Gasteiger partial charge is 0.316 e. The Balaban J connectivity index is 3.36. The van der Waals surface area contributed by atoms with Gasteiger partial charge in [-0.25, -0.2) is 4.79 Å². The van der Waals surface area contributed by atoms with Crippen LogP contribution >= 0.6 is 0 Å². The summed E-state index contributed by atoms with van der Waals surface area (Å²) < 4.78 is 5.07. The van der Waals surface area contributed by atoms with Crippen LogP contribution < -0.4 is 16.4 Å². The highest BCUT2D eigenvalue weighted by atomic mass is 16.5. The maximum Gasteiger partial charge on any atom is 0.316 e. The summed E-state index contributed by atoms with van der Waals surface area (Å²) >= 11 is 0. The number of nitrogens with one attached hydrogen (secondary N) is 2. The molecule has 0 rings (SSSR count). The second-order valence-electron chi connectivity index (χ2n) is 3.63. The molecule has 7 nitrogen and oxygen atoms in total. The number of urea groups is 1. The Kier molecular flexibility index (Phi) is 9.08. The molecule has 0 aromatic rings. The van der Waals surface area contributed by atoms with Crippen LogP contribution in [0, 0.1) is 0 Å². The Morgan fingerprint density at radius 1 is 1.18 bits per heavy atom. The molecule has 0 aliphatic rings. The van der Waals surface area contributed by atoms with Crippen LogP contribution in [0.25, 0.3) is 0 Å². The highest BCUT2D eigenvalue weighted by molar-refractivity contribution is 5.76. The van der Waals surface area contributed by atoms with E-state index in [4.69, 9.17) is 10.5 Å². The van der Waals surface area contributed by atoms with Gasteiger partial charge in [-0.2, -0.15) is 0 Å². The van der Waals surface area contributed by atoms with Gasteiger partial charge in [-0.15, -0.1) is 0 Å². The molecule has 0 fully saturated rings. The molecule has 0 spiro atoms. The predicted octanol–water partition coefficient (Wildman–Crippen LogP) is -1.26. The van der Waals surface area contributed by atoms with Crippen molar-refractivity contribution in [3.05, 3.63) is 0 Å². The van der Waals surface area contributed by atoms with Gasteiger partial charge in [-0.1, -0.05) is 0 Å². The molecule has 0 saturated heterocycles. The standard InChI is InChI=1S/C10H22N4O3/c1-14(2)10(16)13-6-5-12-9(15)3-7-17-8-4-11/h3-8,11H2,1-2H3,(H,12,15)(H,13,16). The van der Waals surface area contributed by atoms with E-state index in [1.165, 1.54) is 4.90 Å². The first-order valence-electron chi connectivity index (χ1n) is 5.57. The van der Waals surface area contributed by atoms with Gasteiger partial charge in [-0.3, -0.25) is 4.79 Å². The number of ether oxygens (including phenoxy) is 1. The Labute approximate surface area is 102 Å². The summed E-state index contributed by atoms with van der Waals surface area (Å²) in [4.78, 5) is 23.8. The molecule has 0 aromatic heterocycles. The first-order chi connectivity index (χ1) is 8.07. The van der Waals surface area contributed by atoms with Crippen molar-refractivity contribution in [1.29, 1.82) is 0 Å². The fraction of sp³-hybridized carbons (Fsp3) is 0.800. The van der Waals surface area contributed by atoms with Gasteiger partial charge >= 0.3 is 6.03 Å². The molecular weight excluding hydrogens is 224 g/mol. The fourth-order valence-electron chi connectivity index (χ4n) is 0.968. The van der Waals surface area contributed by atoms with Crippen molar-refractivity contribution in [2.45, 2.75) is 6.42 Å². The highest BCUT2D eigenvalue weighted by Crippen LogP contribution is 1.82. The molecule has 0 aliphatic heterocycles. The number of nitrogens with two attached hydrogens (primary N) is 1. The zero-order valence-electron chi connectivity index (χ0n) is 10.5. The molecule has 0 aromatic carbocycles. The van der Waals surface area contributed by atoms with E-state index in [1.54, 1.807) is 14.1 Å². The Hall–Kier alpha value is -1.34. The molecule has 0 radical (unpaired) electrons. The monoisotopic (exact) mass is 246 g/mol. The van der Waals surface area contributed by atoms with Crippen molar-refractivity contribution < 1.29 is 14.3 Å². The lowest BCUT2D eigenvalue weighted by atomic mass is 10.4. The first kappa shape index (κ1) is 15.7. The van der Waals surface area contributed by atoms with Gasteiger partial charge in [0.15, 0.2) is 0 Å². The average molecular weight is 246 g/mol. The van der Waals surface area contributed by atoms with Gasteiger partial charge < -0.3 is 26.0 Å². The molecule has 0 atom stereocenters. The van der Waals surface area contributed by atoms with Crippen molar-refractivity contribution in [2.24, 2.45) is 5.73 Å². The molecule has 0 heterocycles. The Morgan fingerprint density at radius 3 is 2.41 bits per heavy atom. The largest absolute Gasteiger partial charge is 0.380 e. The van der Waals surface area contributed by atoms with Crippen LogP contribution in [0.3, 0.4) is 0 Å². The van der Waals surface area contributed by atoms with Crippen molar-refractivity contribution in [3.8, 4) is 0 Å². The zero-order chi connectivity index (χ0) is 13.1. The normalized spacial score (nSPS) is 9.82. The maximum absolute atomic E-state index is 11.2. The van der Waals surface area contributed by atoms with Crippen molar-refractivity contribution in [1.82, 2.24) is 15.5 Å². The molecule has 17 heavy (non-hydrogen) atoms. The molecule has 100 valence electrons. The molecule has 3 amide bonds. The Morgan fingerprint density at radius 2 is 1.82 bits per heavy atom. The molecule has 0 saturated carbocycles. The van der Waals surface area contributed by atoms with Crippen LogP contribution in [-0.4, -0.2) is 63.8 Å². The van der Waals surface area contributed by atoms with Gasteiger partial charge in [-0.05, 0) is 0 Å². The van der Waals surface area contributed by atoms with E-state index >= 15 is 0 Å². The molecule has 0 aliphatic carbocycles. The minimum absolute atomic E-state index is 0.0962. The van der Waals surface area contributed by atoms with E-state index in [0.717, 1.165) is 0 Å². The van der Waals surface area contributed by atoms with E-state index in [-0.39, 0.29) is 11.9 Å². The second-order valence-corrected chi connectivity index (χ2v) is 3.63. The third-order valence-electron chi connectivity index (χ3n) is 1.87. The molecule has 4 N–H and O–H groups in total. The average Bonchev–Trinajstić information content (AvgIpc) is 2.29. The SMILES string of the molecule is CN(C)C(=O)NCCNC(=O)CCOCCN. The van der Waals surface area contributed by atoms with Crippen LogP contribution in [0.15, 0.2) is 0 Å². The lowest BCUT2D eigenvalue weighted by Gasteiger charge is -2.12. The van der Waals surface area contributed by atoms with E-state index < -0.39 is 0 Å².